The molecule has 0 aliphatic heterocycles. The molecule has 0 saturated heterocycles. The highest BCUT2D eigenvalue weighted by Gasteiger charge is 2.23. The average Bonchev–Trinajstić information content (AvgIpc) is 2.84. The Morgan fingerprint density at radius 3 is 2.83 bits per heavy atom. The van der Waals surface area contributed by atoms with E-state index >= 15 is 0 Å². The number of esters is 1. The second-order valence-corrected chi connectivity index (χ2v) is 6.26. The summed E-state index contributed by atoms with van der Waals surface area (Å²) in [6.07, 6.45) is 2.76. The van der Waals surface area contributed by atoms with Gasteiger partial charge in [0.15, 0.2) is 0 Å². The number of hydrogen-bond donors (Lipinski definition) is 1. The van der Waals surface area contributed by atoms with Crippen LogP contribution in [0.2, 0.25) is 0 Å². The van der Waals surface area contributed by atoms with Gasteiger partial charge < -0.3 is 9.72 Å². The monoisotopic (exact) mass is 309 g/mol. The van der Waals surface area contributed by atoms with Crippen LogP contribution in [-0.2, 0) is 9.06 Å². The molecule has 2 aromatic rings. The molecule has 2 rings (SSSR count). The van der Waals surface area contributed by atoms with Crippen molar-refractivity contribution < 1.29 is 9.53 Å². The van der Waals surface area contributed by atoms with Crippen LogP contribution in [0.3, 0.4) is 0 Å². The van der Waals surface area contributed by atoms with Crippen molar-refractivity contribution in [3.63, 3.8) is 0 Å². The number of alkyl halides is 1. The number of H-pyrrole nitrogens is 1. The molecular formula is C14H16BrNO2. The van der Waals surface area contributed by atoms with Crippen molar-refractivity contribution >= 4 is 32.8 Å². The van der Waals surface area contributed by atoms with Crippen LogP contribution in [0.15, 0.2) is 24.4 Å². The van der Waals surface area contributed by atoms with Crippen molar-refractivity contribution in [2.45, 2.75) is 24.6 Å². The van der Waals surface area contributed by atoms with Crippen LogP contribution in [0.5, 0.6) is 0 Å². The van der Waals surface area contributed by atoms with Crippen molar-refractivity contribution in [3.8, 4) is 0 Å². The topological polar surface area (TPSA) is 42.1 Å². The summed E-state index contributed by atoms with van der Waals surface area (Å²) in [5.74, 6) is -0.305. The fourth-order valence-electron chi connectivity index (χ4n) is 1.95. The Labute approximate surface area is 115 Å². The summed E-state index contributed by atoms with van der Waals surface area (Å²) in [6, 6.07) is 5.86. The van der Waals surface area contributed by atoms with Gasteiger partial charge in [-0.3, -0.25) is 0 Å². The quantitative estimate of drug-likeness (QED) is 0.688. The van der Waals surface area contributed by atoms with E-state index in [0.717, 1.165) is 22.9 Å². The number of rotatable bonds is 3. The summed E-state index contributed by atoms with van der Waals surface area (Å²) in [7, 11) is 1.40. The van der Waals surface area contributed by atoms with Crippen LogP contribution < -0.4 is 0 Å². The number of fused-ring (bicyclic) bond motifs is 1. The highest BCUT2D eigenvalue weighted by Crippen LogP contribution is 2.36. The SMILES string of the molecule is CCC(C)(Br)c1cc(C(=O)OC)c2cc[nH]c2c1. The minimum Gasteiger partial charge on any atom is -0.465 e. The van der Waals surface area contributed by atoms with Crippen LogP contribution in [0.1, 0.15) is 36.2 Å². The molecule has 1 aromatic heterocycles. The molecule has 0 aliphatic carbocycles. The third kappa shape index (κ3) is 2.17. The van der Waals surface area contributed by atoms with Crippen molar-refractivity contribution in [1.29, 1.82) is 0 Å². The van der Waals surface area contributed by atoms with Crippen LogP contribution >= 0.6 is 15.9 Å². The number of nitrogens with one attached hydrogen (secondary N) is 1. The highest BCUT2D eigenvalue weighted by molar-refractivity contribution is 9.09. The lowest BCUT2D eigenvalue weighted by Crippen LogP contribution is -2.13. The molecule has 0 bridgehead atoms. The van der Waals surface area contributed by atoms with Gasteiger partial charge in [-0.25, -0.2) is 4.79 Å². The van der Waals surface area contributed by atoms with Gasteiger partial charge in [0.25, 0.3) is 0 Å². The maximum absolute atomic E-state index is 11.8. The van der Waals surface area contributed by atoms with Crippen LogP contribution in [0.25, 0.3) is 10.9 Å². The lowest BCUT2D eigenvalue weighted by Gasteiger charge is -2.22. The number of aromatic amines is 1. The molecule has 0 aliphatic rings. The van der Waals surface area contributed by atoms with Crippen LogP contribution in [-0.4, -0.2) is 18.1 Å². The Balaban J connectivity index is 2.68. The van der Waals surface area contributed by atoms with E-state index in [4.69, 9.17) is 4.74 Å². The lowest BCUT2D eigenvalue weighted by molar-refractivity contribution is 0.0603. The summed E-state index contributed by atoms with van der Waals surface area (Å²) in [5, 5.41) is 0.894. The maximum atomic E-state index is 11.8. The minimum absolute atomic E-state index is 0.144. The number of halogens is 1. The van der Waals surface area contributed by atoms with Gasteiger partial charge in [-0.1, -0.05) is 22.9 Å². The van der Waals surface area contributed by atoms with Gasteiger partial charge in [-0.05, 0) is 37.1 Å². The zero-order valence-electron chi connectivity index (χ0n) is 10.7. The Kier molecular flexibility index (Phi) is 3.48. The highest BCUT2D eigenvalue weighted by atomic mass is 79.9. The van der Waals surface area contributed by atoms with Gasteiger partial charge in [-0.2, -0.15) is 0 Å². The van der Waals surface area contributed by atoms with E-state index in [1.54, 1.807) is 0 Å². The van der Waals surface area contributed by atoms with E-state index in [1.807, 2.05) is 18.3 Å². The molecule has 4 heteroatoms. The van der Waals surface area contributed by atoms with Gasteiger partial charge in [-0.15, -0.1) is 0 Å². The largest absolute Gasteiger partial charge is 0.465 e. The van der Waals surface area contributed by atoms with Crippen molar-refractivity contribution in [1.82, 2.24) is 4.98 Å². The van der Waals surface area contributed by atoms with Gasteiger partial charge >= 0.3 is 5.97 Å². The number of carbonyl (C=O) groups excluding carboxylic acids is 1. The fraction of sp³-hybridized carbons (Fsp3) is 0.357. The standard InChI is InChI=1S/C14H16BrNO2/c1-4-14(2,15)9-7-11(13(17)18-3)10-5-6-16-12(10)8-9/h5-8,16H,4H2,1-3H3. The number of benzene rings is 1. The molecule has 1 unspecified atom stereocenters. The number of methoxy groups -OCH3 is 1. The molecule has 96 valence electrons. The molecule has 0 spiro atoms. The first-order valence-electron chi connectivity index (χ1n) is 5.88. The molecule has 3 nitrogen and oxygen atoms in total. The van der Waals surface area contributed by atoms with E-state index in [2.05, 4.69) is 40.8 Å². The van der Waals surface area contributed by atoms with Crippen molar-refractivity contribution in [2.24, 2.45) is 0 Å². The average molecular weight is 310 g/mol. The van der Waals surface area contributed by atoms with E-state index in [-0.39, 0.29) is 10.3 Å². The lowest BCUT2D eigenvalue weighted by atomic mass is 9.95. The van der Waals surface area contributed by atoms with Crippen molar-refractivity contribution in [3.05, 3.63) is 35.5 Å². The summed E-state index contributed by atoms with van der Waals surface area (Å²) < 4.78 is 4.70. The van der Waals surface area contributed by atoms with Gasteiger partial charge in [0.1, 0.15) is 0 Å². The molecule has 0 saturated carbocycles. The first-order chi connectivity index (χ1) is 8.49. The van der Waals surface area contributed by atoms with E-state index in [0.29, 0.717) is 5.56 Å². The molecular weight excluding hydrogens is 294 g/mol. The smallest absolute Gasteiger partial charge is 0.338 e. The number of hydrogen-bond acceptors (Lipinski definition) is 2. The molecule has 18 heavy (non-hydrogen) atoms. The number of ether oxygens (including phenoxy) is 1. The molecule has 0 fully saturated rings. The van der Waals surface area contributed by atoms with Gasteiger partial charge in [0.05, 0.1) is 12.7 Å². The molecule has 1 heterocycles. The summed E-state index contributed by atoms with van der Waals surface area (Å²) in [4.78, 5) is 15.0. The molecule has 0 radical (unpaired) electrons. The van der Waals surface area contributed by atoms with Gasteiger partial charge in [0.2, 0.25) is 0 Å². The summed E-state index contributed by atoms with van der Waals surface area (Å²) in [5.41, 5.74) is 2.62. The first kappa shape index (κ1) is 13.1. The maximum Gasteiger partial charge on any atom is 0.338 e. The van der Waals surface area contributed by atoms with E-state index in [9.17, 15) is 4.79 Å². The zero-order chi connectivity index (χ0) is 13.3. The third-order valence-electron chi connectivity index (χ3n) is 3.34. The van der Waals surface area contributed by atoms with Crippen molar-refractivity contribution in [2.75, 3.05) is 7.11 Å². The molecule has 1 aromatic carbocycles. The Bertz CT molecular complexity index is 586. The predicted molar refractivity (Wildman–Crippen MR) is 76.2 cm³/mol. The third-order valence-corrected chi connectivity index (χ3v) is 4.36. The summed E-state index contributed by atoms with van der Waals surface area (Å²) >= 11 is 3.70. The second kappa shape index (κ2) is 4.76. The summed E-state index contributed by atoms with van der Waals surface area (Å²) in [6.45, 7) is 4.20. The normalized spacial score (nSPS) is 14.4. The fourth-order valence-corrected chi connectivity index (χ4v) is 2.18. The minimum atomic E-state index is -0.305. The zero-order valence-corrected chi connectivity index (χ0v) is 12.3. The van der Waals surface area contributed by atoms with Gasteiger partial charge in [0, 0.05) is 21.4 Å². The van der Waals surface area contributed by atoms with E-state index in [1.165, 1.54) is 7.11 Å². The Morgan fingerprint density at radius 1 is 1.50 bits per heavy atom. The van der Waals surface area contributed by atoms with E-state index < -0.39 is 0 Å². The Hall–Kier alpha value is -1.29. The van der Waals surface area contributed by atoms with Crippen LogP contribution in [0.4, 0.5) is 0 Å². The second-order valence-electron chi connectivity index (χ2n) is 4.51. The number of aromatic nitrogens is 1. The molecule has 1 atom stereocenters. The number of carbonyl (C=O) groups is 1. The molecule has 1 N–H and O–H groups in total. The predicted octanol–water partition coefficient (Wildman–Crippen LogP) is 3.97. The Morgan fingerprint density at radius 2 is 2.22 bits per heavy atom. The first-order valence-corrected chi connectivity index (χ1v) is 6.67. The molecule has 0 amide bonds. The van der Waals surface area contributed by atoms with Crippen LogP contribution in [0, 0.1) is 0 Å².